The van der Waals surface area contributed by atoms with E-state index < -0.39 is 0 Å². The maximum Gasteiger partial charge on any atom is 0.269 e. The lowest BCUT2D eigenvalue weighted by atomic mass is 10.1. The van der Waals surface area contributed by atoms with Gasteiger partial charge in [0.2, 0.25) is 0 Å². The molecule has 0 bridgehead atoms. The molecule has 1 heterocycles. The Labute approximate surface area is 87.8 Å². The number of nitrogens with zero attached hydrogens (tertiary/aromatic N) is 2. The first kappa shape index (κ1) is 10.1. The topological polar surface area (TPSA) is 58.4 Å². The summed E-state index contributed by atoms with van der Waals surface area (Å²) in [5.74, 6) is 0. The second-order valence-electron chi connectivity index (χ2n) is 3.69. The van der Waals surface area contributed by atoms with E-state index in [9.17, 15) is 10.1 Å². The summed E-state index contributed by atoms with van der Waals surface area (Å²) in [6.45, 7) is 1.96. The smallest absolute Gasteiger partial charge is 0.269 e. The van der Waals surface area contributed by atoms with Gasteiger partial charge in [0.1, 0.15) is 0 Å². The molecule has 15 heavy (non-hydrogen) atoms. The van der Waals surface area contributed by atoms with Gasteiger partial charge in [0.15, 0.2) is 0 Å². The first-order valence-corrected chi connectivity index (χ1v) is 4.86. The number of hydrogen-bond acceptors (Lipinski definition) is 4. The van der Waals surface area contributed by atoms with Crippen molar-refractivity contribution in [2.45, 2.75) is 6.17 Å². The Morgan fingerprint density at radius 3 is 2.60 bits per heavy atom. The normalized spacial score (nSPS) is 21.8. The summed E-state index contributed by atoms with van der Waals surface area (Å²) >= 11 is 0. The van der Waals surface area contributed by atoms with Crippen LogP contribution >= 0.6 is 0 Å². The third-order valence-electron chi connectivity index (χ3n) is 2.66. The Kier molecular flexibility index (Phi) is 2.66. The molecule has 2 rings (SSSR count). The van der Waals surface area contributed by atoms with E-state index in [4.69, 9.17) is 0 Å². The Morgan fingerprint density at radius 2 is 2.13 bits per heavy atom. The molecule has 0 aromatic heterocycles. The van der Waals surface area contributed by atoms with Gasteiger partial charge in [-0.15, -0.1) is 0 Å². The van der Waals surface area contributed by atoms with Crippen molar-refractivity contribution in [1.29, 1.82) is 0 Å². The fraction of sp³-hybridized carbons (Fsp3) is 0.400. The van der Waals surface area contributed by atoms with E-state index in [-0.39, 0.29) is 16.8 Å². The largest absolute Gasteiger partial charge is 0.297 e. The SMILES string of the molecule is CN1CCNC1c1ccc([N+](=O)[O-])cc1. The summed E-state index contributed by atoms with van der Waals surface area (Å²) < 4.78 is 0. The molecule has 1 fully saturated rings. The number of rotatable bonds is 2. The molecule has 1 saturated heterocycles. The minimum Gasteiger partial charge on any atom is -0.297 e. The van der Waals surface area contributed by atoms with E-state index in [1.165, 1.54) is 0 Å². The van der Waals surface area contributed by atoms with Crippen molar-refractivity contribution in [2.24, 2.45) is 0 Å². The second-order valence-corrected chi connectivity index (χ2v) is 3.69. The molecule has 0 amide bonds. The van der Waals surface area contributed by atoms with Crippen molar-refractivity contribution in [3.8, 4) is 0 Å². The number of non-ortho nitro benzene ring substituents is 1. The summed E-state index contributed by atoms with van der Waals surface area (Å²) in [6, 6.07) is 6.70. The van der Waals surface area contributed by atoms with Gasteiger partial charge >= 0.3 is 0 Å². The molecule has 0 spiro atoms. The van der Waals surface area contributed by atoms with E-state index in [1.807, 2.05) is 7.05 Å². The lowest BCUT2D eigenvalue weighted by molar-refractivity contribution is -0.384. The first-order valence-electron chi connectivity index (χ1n) is 4.86. The molecule has 1 aromatic rings. The molecular weight excluding hydrogens is 194 g/mol. The highest BCUT2D eigenvalue weighted by Gasteiger charge is 2.21. The van der Waals surface area contributed by atoms with Crippen LogP contribution in [0.5, 0.6) is 0 Å². The van der Waals surface area contributed by atoms with Gasteiger partial charge in [-0.05, 0) is 24.7 Å². The van der Waals surface area contributed by atoms with E-state index in [0.29, 0.717) is 0 Å². The maximum atomic E-state index is 10.5. The van der Waals surface area contributed by atoms with E-state index in [2.05, 4.69) is 10.2 Å². The number of hydrogen-bond donors (Lipinski definition) is 1. The number of benzene rings is 1. The molecule has 1 aliphatic rings. The van der Waals surface area contributed by atoms with Crippen LogP contribution in [0.3, 0.4) is 0 Å². The highest BCUT2D eigenvalue weighted by molar-refractivity contribution is 5.34. The van der Waals surface area contributed by atoms with Gasteiger partial charge in [-0.25, -0.2) is 0 Å². The predicted octanol–water partition coefficient (Wildman–Crippen LogP) is 1.13. The third-order valence-corrected chi connectivity index (χ3v) is 2.66. The molecule has 5 heteroatoms. The van der Waals surface area contributed by atoms with Crippen LogP contribution in [0.1, 0.15) is 11.7 Å². The van der Waals surface area contributed by atoms with Gasteiger partial charge in [-0.1, -0.05) is 0 Å². The monoisotopic (exact) mass is 207 g/mol. The van der Waals surface area contributed by atoms with Crippen LogP contribution in [-0.2, 0) is 0 Å². The highest BCUT2D eigenvalue weighted by atomic mass is 16.6. The summed E-state index contributed by atoms with van der Waals surface area (Å²) in [5, 5.41) is 13.8. The number of nitrogens with one attached hydrogen (secondary N) is 1. The Hall–Kier alpha value is -1.46. The lowest BCUT2D eigenvalue weighted by Gasteiger charge is -2.19. The fourth-order valence-corrected chi connectivity index (χ4v) is 1.81. The lowest BCUT2D eigenvalue weighted by Crippen LogP contribution is -2.23. The van der Waals surface area contributed by atoms with Crippen LogP contribution in [-0.4, -0.2) is 30.0 Å². The van der Waals surface area contributed by atoms with Crippen molar-refractivity contribution in [2.75, 3.05) is 20.1 Å². The summed E-state index contributed by atoms with van der Waals surface area (Å²) in [6.07, 6.45) is 0.186. The van der Waals surface area contributed by atoms with Crippen molar-refractivity contribution >= 4 is 5.69 Å². The molecule has 1 aliphatic heterocycles. The van der Waals surface area contributed by atoms with Gasteiger partial charge in [-0.3, -0.25) is 20.3 Å². The second kappa shape index (κ2) is 3.96. The molecule has 1 N–H and O–H groups in total. The number of likely N-dealkylation sites (N-methyl/N-ethyl adjacent to an activating group) is 1. The van der Waals surface area contributed by atoms with E-state index in [1.54, 1.807) is 24.3 Å². The quantitative estimate of drug-likeness (QED) is 0.583. The zero-order chi connectivity index (χ0) is 10.8. The van der Waals surface area contributed by atoms with Crippen molar-refractivity contribution in [1.82, 2.24) is 10.2 Å². The van der Waals surface area contributed by atoms with Crippen molar-refractivity contribution in [3.05, 3.63) is 39.9 Å². The van der Waals surface area contributed by atoms with Gasteiger partial charge in [0, 0.05) is 25.2 Å². The third kappa shape index (κ3) is 1.98. The highest BCUT2D eigenvalue weighted by Crippen LogP contribution is 2.21. The van der Waals surface area contributed by atoms with Crippen molar-refractivity contribution in [3.63, 3.8) is 0 Å². The van der Waals surface area contributed by atoms with Gasteiger partial charge in [-0.2, -0.15) is 0 Å². The minimum atomic E-state index is -0.379. The van der Waals surface area contributed by atoms with Crippen LogP contribution < -0.4 is 5.32 Å². The van der Waals surface area contributed by atoms with Crippen LogP contribution in [0.15, 0.2) is 24.3 Å². The summed E-state index contributed by atoms with van der Waals surface area (Å²) in [7, 11) is 2.03. The number of nitro groups is 1. The standard InChI is InChI=1S/C10H13N3O2/c1-12-7-6-11-10(12)8-2-4-9(5-3-8)13(14)15/h2-5,10-11H,6-7H2,1H3. The van der Waals surface area contributed by atoms with Crippen LogP contribution in [0.25, 0.3) is 0 Å². The minimum absolute atomic E-state index is 0.138. The first-order chi connectivity index (χ1) is 7.18. The van der Waals surface area contributed by atoms with Crippen LogP contribution in [0, 0.1) is 10.1 Å². The van der Waals surface area contributed by atoms with Gasteiger partial charge in [0.05, 0.1) is 11.1 Å². The average Bonchev–Trinajstić information content (AvgIpc) is 2.65. The van der Waals surface area contributed by atoms with Gasteiger partial charge < -0.3 is 0 Å². The molecule has 1 unspecified atom stereocenters. The van der Waals surface area contributed by atoms with Gasteiger partial charge in [0.25, 0.3) is 5.69 Å². The molecule has 0 saturated carbocycles. The Morgan fingerprint density at radius 1 is 1.47 bits per heavy atom. The summed E-state index contributed by atoms with van der Waals surface area (Å²) in [4.78, 5) is 12.3. The summed E-state index contributed by atoms with van der Waals surface area (Å²) in [5.41, 5.74) is 1.21. The zero-order valence-corrected chi connectivity index (χ0v) is 8.51. The molecule has 80 valence electrons. The average molecular weight is 207 g/mol. The predicted molar refractivity (Wildman–Crippen MR) is 56.5 cm³/mol. The zero-order valence-electron chi connectivity index (χ0n) is 8.51. The molecule has 0 radical (unpaired) electrons. The van der Waals surface area contributed by atoms with Crippen molar-refractivity contribution < 1.29 is 4.92 Å². The molecule has 0 aliphatic carbocycles. The molecule has 1 atom stereocenters. The molecular formula is C10H13N3O2. The maximum absolute atomic E-state index is 10.5. The van der Waals surface area contributed by atoms with E-state index in [0.717, 1.165) is 18.7 Å². The van der Waals surface area contributed by atoms with Crippen LogP contribution in [0.4, 0.5) is 5.69 Å². The van der Waals surface area contributed by atoms with Crippen LogP contribution in [0.2, 0.25) is 0 Å². The van der Waals surface area contributed by atoms with E-state index >= 15 is 0 Å². The Bertz CT molecular complexity index is 363. The molecule has 1 aromatic carbocycles. The molecule has 5 nitrogen and oxygen atoms in total. The fourth-order valence-electron chi connectivity index (χ4n) is 1.81. The Balaban J connectivity index is 2.19. The number of nitro benzene ring substituents is 1.